The van der Waals surface area contributed by atoms with Gasteiger partial charge in [-0.1, -0.05) is 6.58 Å². The molecule has 3 aromatic rings. The van der Waals surface area contributed by atoms with Gasteiger partial charge in [-0.2, -0.15) is 0 Å². The van der Waals surface area contributed by atoms with Gasteiger partial charge in [-0.3, -0.25) is 9.59 Å². The van der Waals surface area contributed by atoms with Gasteiger partial charge in [0.05, 0.1) is 0 Å². The van der Waals surface area contributed by atoms with Crippen LogP contribution < -0.4 is 10.6 Å². The molecule has 0 saturated carbocycles. The number of amides is 2. The molecule has 1 fully saturated rings. The van der Waals surface area contributed by atoms with Crippen molar-refractivity contribution >= 4 is 29.0 Å². The Balaban J connectivity index is 1.40. The average molecular weight is 390 g/mol. The highest BCUT2D eigenvalue weighted by Crippen LogP contribution is 2.18. The van der Waals surface area contributed by atoms with E-state index in [1.54, 1.807) is 41.2 Å². The van der Waals surface area contributed by atoms with E-state index in [4.69, 9.17) is 0 Å². The van der Waals surface area contributed by atoms with Crippen molar-refractivity contribution in [1.29, 1.82) is 0 Å². The quantitative estimate of drug-likeness (QED) is 0.654. The molecule has 2 aromatic heterocycles. The number of anilines is 2. The monoisotopic (exact) mass is 390 g/mol. The number of piperidine rings is 1. The van der Waals surface area contributed by atoms with Gasteiger partial charge in [0, 0.05) is 42.8 Å². The second-order valence-corrected chi connectivity index (χ2v) is 6.95. The zero-order chi connectivity index (χ0) is 20.2. The third-order valence-electron chi connectivity index (χ3n) is 4.90. The zero-order valence-electron chi connectivity index (χ0n) is 15.9. The first kappa shape index (κ1) is 18.7. The Bertz CT molecular complexity index is 1040. The van der Waals surface area contributed by atoms with Gasteiger partial charge in [0.15, 0.2) is 5.65 Å². The Morgan fingerprint density at radius 3 is 2.79 bits per heavy atom. The molecule has 1 saturated heterocycles. The van der Waals surface area contributed by atoms with Crippen LogP contribution in [-0.4, -0.2) is 50.4 Å². The predicted molar refractivity (Wildman–Crippen MR) is 111 cm³/mol. The van der Waals surface area contributed by atoms with Crippen molar-refractivity contribution in [2.75, 3.05) is 23.7 Å². The maximum Gasteiger partial charge on any atom is 0.253 e. The van der Waals surface area contributed by atoms with Crippen LogP contribution in [-0.2, 0) is 4.79 Å². The molecule has 3 heterocycles. The van der Waals surface area contributed by atoms with E-state index in [1.165, 1.54) is 6.08 Å². The van der Waals surface area contributed by atoms with Crippen molar-refractivity contribution in [2.24, 2.45) is 0 Å². The minimum atomic E-state index is -0.281. The molecular formula is C21H22N6O2. The van der Waals surface area contributed by atoms with E-state index >= 15 is 0 Å². The van der Waals surface area contributed by atoms with Gasteiger partial charge in [-0.15, -0.1) is 5.10 Å². The third kappa shape index (κ3) is 4.26. The summed E-state index contributed by atoms with van der Waals surface area (Å²) >= 11 is 0. The summed E-state index contributed by atoms with van der Waals surface area (Å²) < 4.78 is 1.72. The van der Waals surface area contributed by atoms with E-state index < -0.39 is 0 Å². The molecule has 0 spiro atoms. The highest BCUT2D eigenvalue weighted by Gasteiger charge is 2.24. The normalized spacial score (nSPS) is 16.4. The molecule has 1 aliphatic heterocycles. The van der Waals surface area contributed by atoms with Gasteiger partial charge in [0.1, 0.15) is 5.82 Å². The van der Waals surface area contributed by atoms with Gasteiger partial charge in [0.25, 0.3) is 5.91 Å². The van der Waals surface area contributed by atoms with E-state index in [1.807, 2.05) is 17.0 Å². The Morgan fingerprint density at radius 1 is 1.17 bits per heavy atom. The molecule has 2 amide bonds. The van der Waals surface area contributed by atoms with Crippen LogP contribution in [0.1, 0.15) is 23.2 Å². The number of imidazole rings is 1. The van der Waals surface area contributed by atoms with Crippen molar-refractivity contribution in [1.82, 2.24) is 19.5 Å². The van der Waals surface area contributed by atoms with E-state index in [-0.39, 0.29) is 17.9 Å². The van der Waals surface area contributed by atoms with Crippen LogP contribution in [0.15, 0.2) is 61.4 Å². The average Bonchev–Trinajstić information content (AvgIpc) is 3.22. The molecule has 0 unspecified atom stereocenters. The fourth-order valence-electron chi connectivity index (χ4n) is 3.45. The Hall–Kier alpha value is -3.68. The topological polar surface area (TPSA) is 91.6 Å². The number of hydrogen-bond acceptors (Lipinski definition) is 5. The number of fused-ring (bicyclic) bond motifs is 1. The molecule has 2 N–H and O–H groups in total. The lowest BCUT2D eigenvalue weighted by molar-refractivity contribution is -0.111. The number of benzene rings is 1. The van der Waals surface area contributed by atoms with Crippen LogP contribution in [0.4, 0.5) is 11.5 Å². The van der Waals surface area contributed by atoms with E-state index in [0.717, 1.165) is 30.9 Å². The first-order valence-electron chi connectivity index (χ1n) is 9.52. The first-order valence-corrected chi connectivity index (χ1v) is 9.52. The molecule has 4 rings (SSSR count). The number of likely N-dealkylation sites (tertiary alicyclic amines) is 1. The fourth-order valence-corrected chi connectivity index (χ4v) is 3.45. The largest absolute Gasteiger partial charge is 0.364 e. The molecule has 0 aliphatic carbocycles. The summed E-state index contributed by atoms with van der Waals surface area (Å²) in [5.41, 5.74) is 2.02. The van der Waals surface area contributed by atoms with Crippen molar-refractivity contribution in [3.05, 3.63) is 67.0 Å². The SMILES string of the molecule is C=CC(=O)Nc1ccc(C(=O)N2CCC[C@@H](Nc3ccc4nccn4n3)C2)cc1. The zero-order valence-corrected chi connectivity index (χ0v) is 15.9. The summed E-state index contributed by atoms with van der Waals surface area (Å²) in [5, 5.41) is 10.6. The molecule has 0 radical (unpaired) electrons. The van der Waals surface area contributed by atoms with Crippen LogP contribution in [0.25, 0.3) is 5.65 Å². The van der Waals surface area contributed by atoms with E-state index in [9.17, 15) is 9.59 Å². The fraction of sp³-hybridized carbons (Fsp3) is 0.238. The van der Waals surface area contributed by atoms with E-state index in [2.05, 4.69) is 27.3 Å². The molecule has 0 bridgehead atoms. The highest BCUT2D eigenvalue weighted by atomic mass is 16.2. The Labute approximate surface area is 168 Å². The van der Waals surface area contributed by atoms with Gasteiger partial charge in [-0.25, -0.2) is 9.50 Å². The molecule has 1 aliphatic rings. The van der Waals surface area contributed by atoms with Gasteiger partial charge >= 0.3 is 0 Å². The smallest absolute Gasteiger partial charge is 0.253 e. The second kappa shape index (κ2) is 8.14. The maximum atomic E-state index is 12.9. The lowest BCUT2D eigenvalue weighted by Crippen LogP contribution is -2.45. The molecule has 8 nitrogen and oxygen atoms in total. The Morgan fingerprint density at radius 2 is 2.00 bits per heavy atom. The van der Waals surface area contributed by atoms with Crippen LogP contribution in [0.5, 0.6) is 0 Å². The molecule has 1 atom stereocenters. The van der Waals surface area contributed by atoms with Crippen LogP contribution in [0.3, 0.4) is 0 Å². The summed E-state index contributed by atoms with van der Waals surface area (Å²) in [5.74, 6) is 0.463. The number of nitrogens with one attached hydrogen (secondary N) is 2. The summed E-state index contributed by atoms with van der Waals surface area (Å²) in [6.07, 6.45) is 6.61. The van der Waals surface area contributed by atoms with Crippen molar-refractivity contribution in [2.45, 2.75) is 18.9 Å². The lowest BCUT2D eigenvalue weighted by atomic mass is 10.0. The molecular weight excluding hydrogens is 368 g/mol. The van der Waals surface area contributed by atoms with Gasteiger partial charge < -0.3 is 15.5 Å². The van der Waals surface area contributed by atoms with Gasteiger partial charge in [-0.05, 0) is 55.3 Å². The number of carbonyl (C=O) groups excluding carboxylic acids is 2. The highest BCUT2D eigenvalue weighted by molar-refractivity contribution is 5.99. The summed E-state index contributed by atoms with van der Waals surface area (Å²) in [6, 6.07) is 10.8. The molecule has 148 valence electrons. The first-order chi connectivity index (χ1) is 14.1. The minimum absolute atomic E-state index is 0.0175. The third-order valence-corrected chi connectivity index (χ3v) is 4.90. The number of nitrogens with zero attached hydrogens (tertiary/aromatic N) is 4. The standard InChI is InChI=1S/C21H22N6O2/c1-2-20(28)24-16-7-5-15(6-8-16)21(29)26-12-3-4-17(14-26)23-18-9-10-19-22-11-13-27(19)25-18/h2,5-11,13,17H,1,3-4,12,14H2,(H,23,25)(H,24,28)/t17-/m1/s1. The van der Waals surface area contributed by atoms with E-state index in [0.29, 0.717) is 17.8 Å². The van der Waals surface area contributed by atoms with Crippen LogP contribution >= 0.6 is 0 Å². The molecule has 1 aromatic carbocycles. The Kier molecular flexibility index (Phi) is 5.24. The number of hydrogen-bond donors (Lipinski definition) is 2. The number of carbonyl (C=O) groups is 2. The summed E-state index contributed by atoms with van der Waals surface area (Å²) in [4.78, 5) is 30.3. The van der Waals surface area contributed by atoms with Crippen molar-refractivity contribution < 1.29 is 9.59 Å². The summed E-state index contributed by atoms with van der Waals surface area (Å²) in [6.45, 7) is 4.76. The number of rotatable bonds is 5. The lowest BCUT2D eigenvalue weighted by Gasteiger charge is -2.33. The summed E-state index contributed by atoms with van der Waals surface area (Å²) in [7, 11) is 0. The predicted octanol–water partition coefficient (Wildman–Crippen LogP) is 2.57. The van der Waals surface area contributed by atoms with Gasteiger partial charge in [0.2, 0.25) is 5.91 Å². The number of aromatic nitrogens is 3. The maximum absolute atomic E-state index is 12.9. The van der Waals surface area contributed by atoms with Crippen LogP contribution in [0.2, 0.25) is 0 Å². The second-order valence-electron chi connectivity index (χ2n) is 6.95. The van der Waals surface area contributed by atoms with Crippen molar-refractivity contribution in [3.63, 3.8) is 0 Å². The molecule has 29 heavy (non-hydrogen) atoms. The minimum Gasteiger partial charge on any atom is -0.364 e. The van der Waals surface area contributed by atoms with Crippen LogP contribution in [0, 0.1) is 0 Å². The molecule has 8 heteroatoms. The van der Waals surface area contributed by atoms with Crippen molar-refractivity contribution in [3.8, 4) is 0 Å².